The predicted molar refractivity (Wildman–Crippen MR) is 391 cm³/mol. The van der Waals surface area contributed by atoms with Crippen LogP contribution in [-0.4, -0.2) is 96.7 Å². The maximum Gasteiger partial charge on any atom is 0.472 e. The maximum absolute atomic E-state index is 13.1. The van der Waals surface area contributed by atoms with Crippen molar-refractivity contribution in [3.63, 3.8) is 0 Å². The first-order valence-corrected chi connectivity index (χ1v) is 42.9. The van der Waals surface area contributed by atoms with Crippen LogP contribution in [0.5, 0.6) is 0 Å². The van der Waals surface area contributed by atoms with E-state index in [0.29, 0.717) is 25.7 Å². The predicted octanol–water partition coefficient (Wildman–Crippen LogP) is 22.6. The zero-order chi connectivity index (χ0) is 70.9. The molecule has 6 atom stereocenters. The van der Waals surface area contributed by atoms with Crippen LogP contribution in [0, 0.1) is 17.8 Å². The number of aliphatic hydroxyl groups excluding tert-OH is 1. The smallest absolute Gasteiger partial charge is 0.462 e. The molecule has 3 N–H and O–H groups in total. The van der Waals surface area contributed by atoms with Gasteiger partial charge in [0.1, 0.15) is 19.3 Å². The van der Waals surface area contributed by atoms with Crippen LogP contribution in [-0.2, 0) is 65.4 Å². The van der Waals surface area contributed by atoms with Crippen molar-refractivity contribution in [2.75, 3.05) is 39.6 Å². The average Bonchev–Trinajstić information content (AvgIpc) is 3.35. The molecule has 570 valence electrons. The Morgan fingerprint density at radius 1 is 0.302 bits per heavy atom. The van der Waals surface area contributed by atoms with Crippen molar-refractivity contribution in [3.8, 4) is 0 Å². The van der Waals surface area contributed by atoms with E-state index >= 15 is 0 Å². The van der Waals surface area contributed by atoms with Crippen LogP contribution in [0.4, 0.5) is 0 Å². The first-order valence-electron chi connectivity index (χ1n) is 39.9. The molecule has 0 aliphatic carbocycles. The van der Waals surface area contributed by atoms with Crippen LogP contribution in [0.25, 0.3) is 0 Å². The molecule has 0 aromatic rings. The molecule has 0 aliphatic heterocycles. The summed E-state index contributed by atoms with van der Waals surface area (Å²) in [7, 11) is -9.91. The summed E-state index contributed by atoms with van der Waals surface area (Å²) in [4.78, 5) is 72.8. The Morgan fingerprint density at radius 3 is 0.792 bits per heavy atom. The number of carbonyl (C=O) groups excluding carboxylic acids is 4. The Hall–Kier alpha value is -1.94. The molecule has 19 heteroatoms. The summed E-state index contributed by atoms with van der Waals surface area (Å²) in [6.45, 7) is 11.9. The molecule has 0 fully saturated rings. The van der Waals surface area contributed by atoms with E-state index in [1.165, 1.54) is 205 Å². The Balaban J connectivity index is 5.23. The van der Waals surface area contributed by atoms with Gasteiger partial charge in [0.05, 0.1) is 26.4 Å². The summed E-state index contributed by atoms with van der Waals surface area (Å²) in [5.74, 6) is 0.139. The van der Waals surface area contributed by atoms with Gasteiger partial charge in [-0.05, 0) is 43.4 Å². The number of aliphatic hydroxyl groups is 1. The summed E-state index contributed by atoms with van der Waals surface area (Å²) in [6.07, 6.45) is 54.2. The fourth-order valence-electron chi connectivity index (χ4n) is 11.7. The summed E-state index contributed by atoms with van der Waals surface area (Å²) in [5, 5.41) is 10.6. The van der Waals surface area contributed by atoms with Crippen molar-refractivity contribution in [1.29, 1.82) is 0 Å². The molecule has 0 bridgehead atoms. The summed E-state index contributed by atoms with van der Waals surface area (Å²) < 4.78 is 68.6. The summed E-state index contributed by atoms with van der Waals surface area (Å²) >= 11 is 0. The third kappa shape index (κ3) is 69.2. The van der Waals surface area contributed by atoms with E-state index in [-0.39, 0.29) is 25.7 Å². The SMILES string of the molecule is CCCCCCCCCCCCCCCCCCCCCCC(=O)O[C@H](COC(=O)CCCCCCCCCCCC(C)C)COP(=O)(O)OC[C@@H](O)COP(=O)(O)OC[C@@H](COC(=O)CCCCCCCCCCC(C)CC)OC(=O)CCCCCCCCCCCC(C)C. The van der Waals surface area contributed by atoms with E-state index in [4.69, 9.17) is 37.0 Å². The van der Waals surface area contributed by atoms with Crippen molar-refractivity contribution in [3.05, 3.63) is 0 Å². The number of rotatable bonds is 75. The number of unbranched alkanes of at least 4 members (excludes halogenated alkanes) is 42. The first kappa shape index (κ1) is 94.1. The van der Waals surface area contributed by atoms with E-state index in [0.717, 1.165) is 108 Å². The average molecular weight is 1410 g/mol. The van der Waals surface area contributed by atoms with Crippen LogP contribution in [0.15, 0.2) is 0 Å². The zero-order valence-corrected chi connectivity index (χ0v) is 64.6. The minimum atomic E-state index is -4.96. The standard InChI is InChI=1S/C77H150O17P2/c1-8-10-11-12-13-14-15-16-17-18-19-20-21-22-23-24-29-39-46-53-60-76(81)93-72(64-87-74(79)58-51-44-37-30-25-27-34-41-48-55-68(3)4)66-91-95(83,84)89-62-71(78)63-90-96(85,86)92-67-73(94-77(82)61-54-47-40-31-26-28-35-42-49-56-69(5)6)65-88-75(80)59-52-45-38-33-32-36-43-50-57-70(7)9-2/h68-73,78H,8-67H2,1-7H3,(H,83,84)(H,85,86)/t70?,71-,72-,73-/m1/s1. The number of phosphoric ester groups is 2. The van der Waals surface area contributed by atoms with Gasteiger partial charge in [-0.25, -0.2) is 9.13 Å². The highest BCUT2D eigenvalue weighted by Crippen LogP contribution is 2.45. The molecule has 0 saturated carbocycles. The second-order valence-electron chi connectivity index (χ2n) is 28.9. The van der Waals surface area contributed by atoms with Crippen LogP contribution in [0.2, 0.25) is 0 Å². The summed E-state index contributed by atoms with van der Waals surface area (Å²) in [5.41, 5.74) is 0. The lowest BCUT2D eigenvalue weighted by Crippen LogP contribution is -2.30. The number of hydrogen-bond donors (Lipinski definition) is 3. The quantitative estimate of drug-likeness (QED) is 0.0222. The van der Waals surface area contributed by atoms with Crippen molar-refractivity contribution in [2.45, 2.75) is 414 Å². The first-order chi connectivity index (χ1) is 46.3. The van der Waals surface area contributed by atoms with Crippen molar-refractivity contribution < 1.29 is 80.2 Å². The molecule has 0 radical (unpaired) electrons. The molecule has 0 rings (SSSR count). The minimum absolute atomic E-state index is 0.105. The minimum Gasteiger partial charge on any atom is -0.462 e. The molecule has 0 heterocycles. The maximum atomic E-state index is 13.1. The molecule has 0 aromatic carbocycles. The lowest BCUT2D eigenvalue weighted by atomic mass is 9.99. The van der Waals surface area contributed by atoms with Gasteiger partial charge >= 0.3 is 39.5 Å². The molecule has 0 spiro atoms. The monoisotopic (exact) mass is 1410 g/mol. The Labute approximate surface area is 588 Å². The highest BCUT2D eigenvalue weighted by molar-refractivity contribution is 7.47. The van der Waals surface area contributed by atoms with E-state index in [9.17, 15) is 43.2 Å². The fourth-order valence-corrected chi connectivity index (χ4v) is 13.3. The van der Waals surface area contributed by atoms with E-state index in [2.05, 4.69) is 48.5 Å². The van der Waals surface area contributed by atoms with Gasteiger partial charge in [-0.3, -0.25) is 37.3 Å². The van der Waals surface area contributed by atoms with Crippen molar-refractivity contribution in [2.24, 2.45) is 17.8 Å². The fraction of sp³-hybridized carbons (Fsp3) is 0.948. The van der Waals surface area contributed by atoms with Gasteiger partial charge in [-0.15, -0.1) is 0 Å². The summed E-state index contributed by atoms with van der Waals surface area (Å²) in [6, 6.07) is 0. The molecule has 3 unspecified atom stereocenters. The number of ether oxygens (including phenoxy) is 4. The molecule has 0 saturated heterocycles. The molecule has 17 nitrogen and oxygen atoms in total. The highest BCUT2D eigenvalue weighted by Gasteiger charge is 2.30. The Morgan fingerprint density at radius 2 is 0.531 bits per heavy atom. The van der Waals surface area contributed by atoms with Gasteiger partial charge in [0, 0.05) is 25.7 Å². The van der Waals surface area contributed by atoms with Gasteiger partial charge in [-0.2, -0.15) is 0 Å². The number of esters is 4. The zero-order valence-electron chi connectivity index (χ0n) is 62.8. The van der Waals surface area contributed by atoms with Crippen molar-refractivity contribution >= 4 is 39.5 Å². The lowest BCUT2D eigenvalue weighted by Gasteiger charge is -2.21. The van der Waals surface area contributed by atoms with Crippen LogP contribution < -0.4 is 0 Å². The Bertz CT molecular complexity index is 1870. The Kier molecular flexibility index (Phi) is 66.2. The van der Waals surface area contributed by atoms with Crippen LogP contribution in [0.1, 0.15) is 395 Å². The molecular weight excluding hydrogens is 1260 g/mol. The second kappa shape index (κ2) is 67.5. The molecule has 0 aromatic heterocycles. The molecule has 0 amide bonds. The van der Waals surface area contributed by atoms with Gasteiger partial charge in [0.15, 0.2) is 12.2 Å². The van der Waals surface area contributed by atoms with Gasteiger partial charge < -0.3 is 33.8 Å². The van der Waals surface area contributed by atoms with Gasteiger partial charge in [0.25, 0.3) is 0 Å². The highest BCUT2D eigenvalue weighted by atomic mass is 31.2. The lowest BCUT2D eigenvalue weighted by molar-refractivity contribution is -0.161. The van der Waals surface area contributed by atoms with Gasteiger partial charge in [-0.1, -0.05) is 344 Å². The van der Waals surface area contributed by atoms with Crippen LogP contribution >= 0.6 is 15.6 Å². The van der Waals surface area contributed by atoms with Crippen molar-refractivity contribution in [1.82, 2.24) is 0 Å². The van der Waals surface area contributed by atoms with E-state index in [1.54, 1.807) is 0 Å². The van der Waals surface area contributed by atoms with E-state index < -0.39 is 97.5 Å². The number of phosphoric acid groups is 2. The number of hydrogen-bond acceptors (Lipinski definition) is 15. The largest absolute Gasteiger partial charge is 0.472 e. The number of carbonyl (C=O) groups is 4. The third-order valence-electron chi connectivity index (χ3n) is 18.2. The van der Waals surface area contributed by atoms with Crippen LogP contribution in [0.3, 0.4) is 0 Å². The van der Waals surface area contributed by atoms with E-state index in [1.807, 2.05) is 0 Å². The third-order valence-corrected chi connectivity index (χ3v) is 20.1. The molecular formula is C77H150O17P2. The molecule has 96 heavy (non-hydrogen) atoms. The topological polar surface area (TPSA) is 237 Å². The van der Waals surface area contributed by atoms with Gasteiger partial charge in [0.2, 0.25) is 0 Å². The normalized spacial score (nSPS) is 14.3. The molecule has 0 aliphatic rings. The second-order valence-corrected chi connectivity index (χ2v) is 31.8.